The maximum Gasteiger partial charge on any atom is 0.326 e. The van der Waals surface area contributed by atoms with Crippen LogP contribution in [0.15, 0.2) is 0 Å². The quantitative estimate of drug-likeness (QED) is 0.0789. The van der Waals surface area contributed by atoms with Crippen LogP contribution in [-0.4, -0.2) is 129 Å². The van der Waals surface area contributed by atoms with Crippen molar-refractivity contribution in [2.75, 3.05) is 19.8 Å². The second-order valence-electron chi connectivity index (χ2n) is 10.2. The first-order valence-electron chi connectivity index (χ1n) is 13.2. The van der Waals surface area contributed by atoms with Gasteiger partial charge in [-0.05, 0) is 25.7 Å². The summed E-state index contributed by atoms with van der Waals surface area (Å²) in [6.45, 7) is 2.68. The molecule has 0 aromatic heterocycles. The van der Waals surface area contributed by atoms with Gasteiger partial charge in [-0.3, -0.25) is 28.8 Å². The van der Waals surface area contributed by atoms with Gasteiger partial charge >= 0.3 is 5.97 Å². The number of amides is 6. The minimum Gasteiger partial charge on any atom is -0.480 e. The Hall–Kier alpha value is -3.87. The second kappa shape index (κ2) is 16.5. The van der Waals surface area contributed by atoms with Gasteiger partial charge in [-0.2, -0.15) is 0 Å². The zero-order valence-electron chi connectivity index (χ0n) is 23.6. The van der Waals surface area contributed by atoms with Crippen LogP contribution in [0, 0.1) is 5.92 Å². The Kier molecular flexibility index (Phi) is 14.2. The van der Waals surface area contributed by atoms with Gasteiger partial charge in [0, 0.05) is 6.54 Å². The fourth-order valence-corrected chi connectivity index (χ4v) is 4.09. The van der Waals surface area contributed by atoms with Gasteiger partial charge < -0.3 is 58.1 Å². The molecule has 6 amide bonds. The number of aliphatic carboxylic acids is 1. The standard InChI is InChI=1S/C24H41N7O11/c1-10(2)18(22(39)27-12(24(41)42)7-16(25)35)30-19(36)13(8-32)28-20(37)15-5-4-6-31(15)23(40)14(9-33)29-21(38)17(26)11(3)34/h10-15,17-18,32-34H,4-9,26H2,1-3H3,(H2,25,35)(H,27,39)(H,28,37)(H,29,38)(H,30,36)(H,41,42)/t11-,12+,13+,14+,15+,17+,18+/m1/s1. The Morgan fingerprint density at radius 1 is 0.857 bits per heavy atom. The lowest BCUT2D eigenvalue weighted by Crippen LogP contribution is -2.61. The van der Waals surface area contributed by atoms with E-state index >= 15 is 0 Å². The zero-order valence-corrected chi connectivity index (χ0v) is 23.6. The molecule has 1 aliphatic heterocycles. The number of carbonyl (C=O) groups is 7. The summed E-state index contributed by atoms with van der Waals surface area (Å²) in [5.41, 5.74) is 10.6. The molecule has 18 nitrogen and oxygen atoms in total. The van der Waals surface area contributed by atoms with Crippen LogP contribution in [-0.2, 0) is 33.6 Å². The number of aliphatic hydroxyl groups is 3. The fraction of sp³-hybridized carbons (Fsp3) is 0.708. The molecule has 0 aliphatic carbocycles. The molecule has 0 unspecified atom stereocenters. The molecule has 0 radical (unpaired) electrons. The molecule has 0 spiro atoms. The first kappa shape index (κ1) is 36.2. The van der Waals surface area contributed by atoms with Gasteiger partial charge in [-0.1, -0.05) is 13.8 Å². The fourth-order valence-electron chi connectivity index (χ4n) is 4.09. The lowest BCUT2D eigenvalue weighted by Gasteiger charge is -2.30. The Morgan fingerprint density at radius 3 is 1.90 bits per heavy atom. The van der Waals surface area contributed by atoms with Crippen molar-refractivity contribution in [3.05, 3.63) is 0 Å². The molecule has 1 fully saturated rings. The first-order valence-corrected chi connectivity index (χ1v) is 13.2. The number of likely N-dealkylation sites (tertiary alicyclic amines) is 1. The van der Waals surface area contributed by atoms with E-state index < -0.39 is 109 Å². The van der Waals surface area contributed by atoms with Gasteiger partial charge in [0.25, 0.3) is 0 Å². The van der Waals surface area contributed by atoms with Crippen LogP contribution in [0.25, 0.3) is 0 Å². The van der Waals surface area contributed by atoms with Crippen LogP contribution in [0.4, 0.5) is 0 Å². The first-order chi connectivity index (χ1) is 19.5. The highest BCUT2D eigenvalue weighted by Crippen LogP contribution is 2.19. The minimum atomic E-state index is -1.65. The smallest absolute Gasteiger partial charge is 0.326 e. The van der Waals surface area contributed by atoms with E-state index in [4.69, 9.17) is 11.5 Å². The molecular formula is C24H41N7O11. The van der Waals surface area contributed by atoms with Crippen LogP contribution in [0.2, 0.25) is 0 Å². The van der Waals surface area contributed by atoms with Crippen molar-refractivity contribution in [2.45, 2.75) is 82.4 Å². The minimum absolute atomic E-state index is 0.0768. The molecule has 18 heteroatoms. The third kappa shape index (κ3) is 10.2. The number of carboxylic acid groups (broad SMARTS) is 1. The summed E-state index contributed by atoms with van der Waals surface area (Å²) < 4.78 is 0. The molecule has 1 aliphatic rings. The zero-order chi connectivity index (χ0) is 32.3. The molecule has 7 atom stereocenters. The normalized spacial score (nSPS) is 19.0. The van der Waals surface area contributed by atoms with Crippen molar-refractivity contribution in [1.82, 2.24) is 26.2 Å². The lowest BCUT2D eigenvalue weighted by molar-refractivity contribution is -0.144. The van der Waals surface area contributed by atoms with Crippen LogP contribution in [0.1, 0.15) is 40.0 Å². The molecular weight excluding hydrogens is 562 g/mol. The Morgan fingerprint density at radius 2 is 1.43 bits per heavy atom. The van der Waals surface area contributed by atoms with E-state index in [2.05, 4.69) is 21.3 Å². The monoisotopic (exact) mass is 603 g/mol. The third-order valence-corrected chi connectivity index (χ3v) is 6.54. The number of primary amides is 1. The molecule has 0 aromatic rings. The lowest BCUT2D eigenvalue weighted by atomic mass is 10.0. The van der Waals surface area contributed by atoms with Gasteiger partial charge in [0.05, 0.1) is 25.7 Å². The van der Waals surface area contributed by atoms with Crippen molar-refractivity contribution in [2.24, 2.45) is 17.4 Å². The van der Waals surface area contributed by atoms with E-state index in [1.807, 2.05) is 0 Å². The average Bonchev–Trinajstić information content (AvgIpc) is 3.41. The number of hydrogen-bond donors (Lipinski definition) is 10. The van der Waals surface area contributed by atoms with Gasteiger partial charge in [-0.25, -0.2) is 4.79 Å². The third-order valence-electron chi connectivity index (χ3n) is 6.54. The van der Waals surface area contributed by atoms with E-state index in [9.17, 15) is 54.0 Å². The number of carboxylic acids is 1. The van der Waals surface area contributed by atoms with Gasteiger partial charge in [0.2, 0.25) is 35.4 Å². The highest BCUT2D eigenvalue weighted by molar-refractivity contribution is 5.97. The number of aliphatic hydroxyl groups excluding tert-OH is 3. The number of nitrogens with two attached hydrogens (primary N) is 2. The van der Waals surface area contributed by atoms with Gasteiger partial charge in [0.1, 0.15) is 36.3 Å². The topological polar surface area (TPSA) is 304 Å². The molecule has 238 valence electrons. The van der Waals surface area contributed by atoms with E-state index in [0.717, 1.165) is 4.90 Å². The summed E-state index contributed by atoms with van der Waals surface area (Å²) >= 11 is 0. The van der Waals surface area contributed by atoms with E-state index in [1.54, 1.807) is 0 Å². The largest absolute Gasteiger partial charge is 0.480 e. The van der Waals surface area contributed by atoms with Crippen LogP contribution in [0.3, 0.4) is 0 Å². The van der Waals surface area contributed by atoms with Crippen molar-refractivity contribution in [3.63, 3.8) is 0 Å². The maximum atomic E-state index is 13.1. The van der Waals surface area contributed by atoms with Crippen molar-refractivity contribution < 1.29 is 54.0 Å². The molecule has 1 saturated heterocycles. The van der Waals surface area contributed by atoms with Gasteiger partial charge in [0.15, 0.2) is 0 Å². The molecule has 42 heavy (non-hydrogen) atoms. The average molecular weight is 604 g/mol. The van der Waals surface area contributed by atoms with E-state index in [1.165, 1.54) is 20.8 Å². The molecule has 0 aromatic carbocycles. The Balaban J connectivity index is 2.96. The molecule has 12 N–H and O–H groups in total. The second-order valence-corrected chi connectivity index (χ2v) is 10.2. The number of hydrogen-bond acceptors (Lipinski definition) is 11. The van der Waals surface area contributed by atoms with Crippen molar-refractivity contribution >= 4 is 41.4 Å². The SMILES string of the molecule is CC(C)[C@H](NC(=O)[C@H](CO)NC(=O)[C@@H]1CCCN1C(=O)[C@H](CO)NC(=O)[C@@H](N)[C@@H](C)O)C(=O)N[C@@H](CC(N)=O)C(=O)O. The van der Waals surface area contributed by atoms with Crippen LogP contribution < -0.4 is 32.7 Å². The Bertz CT molecular complexity index is 1020. The van der Waals surface area contributed by atoms with E-state index in [0.29, 0.717) is 6.42 Å². The summed E-state index contributed by atoms with van der Waals surface area (Å²) in [6, 6.07) is -8.54. The molecule has 0 bridgehead atoms. The molecule has 1 rings (SSSR count). The molecule has 1 heterocycles. The summed E-state index contributed by atoms with van der Waals surface area (Å²) in [5.74, 6) is -7.60. The van der Waals surface area contributed by atoms with Crippen molar-refractivity contribution in [1.29, 1.82) is 0 Å². The maximum absolute atomic E-state index is 13.1. The summed E-state index contributed by atoms with van der Waals surface area (Å²) in [6.07, 6.45) is -1.41. The molecule has 0 saturated carbocycles. The Labute approximate surface area is 241 Å². The van der Waals surface area contributed by atoms with Gasteiger partial charge in [-0.15, -0.1) is 0 Å². The number of nitrogens with zero attached hydrogens (tertiary/aromatic N) is 1. The predicted octanol–water partition coefficient (Wildman–Crippen LogP) is -5.77. The van der Waals surface area contributed by atoms with Crippen LogP contribution in [0.5, 0.6) is 0 Å². The number of carbonyl (C=O) groups excluding carboxylic acids is 6. The van der Waals surface area contributed by atoms with Crippen LogP contribution >= 0.6 is 0 Å². The highest BCUT2D eigenvalue weighted by atomic mass is 16.4. The van der Waals surface area contributed by atoms with Crippen molar-refractivity contribution in [3.8, 4) is 0 Å². The number of rotatable bonds is 16. The van der Waals surface area contributed by atoms with E-state index in [-0.39, 0.29) is 13.0 Å². The summed E-state index contributed by atoms with van der Waals surface area (Å²) in [4.78, 5) is 87.5. The summed E-state index contributed by atoms with van der Waals surface area (Å²) in [5, 5.41) is 47.2. The summed E-state index contributed by atoms with van der Waals surface area (Å²) in [7, 11) is 0. The number of nitrogens with one attached hydrogen (secondary N) is 4. The predicted molar refractivity (Wildman–Crippen MR) is 143 cm³/mol. The highest BCUT2D eigenvalue weighted by Gasteiger charge is 2.39.